The first-order valence-corrected chi connectivity index (χ1v) is 15.8. The van der Waals surface area contributed by atoms with Gasteiger partial charge in [0.15, 0.2) is 0 Å². The van der Waals surface area contributed by atoms with Crippen molar-refractivity contribution in [2.45, 2.75) is 18.4 Å². The minimum atomic E-state index is -1.12. The van der Waals surface area contributed by atoms with Crippen LogP contribution < -0.4 is 15.5 Å². The number of rotatable bonds is 14. The third-order valence-corrected chi connectivity index (χ3v) is 8.20. The van der Waals surface area contributed by atoms with Crippen LogP contribution in [-0.2, 0) is 17.2 Å². The van der Waals surface area contributed by atoms with E-state index in [1.165, 1.54) is 18.0 Å². The first kappa shape index (κ1) is 33.3. The Morgan fingerprint density at radius 1 is 0.792 bits per heavy atom. The van der Waals surface area contributed by atoms with Crippen LogP contribution in [0.3, 0.4) is 0 Å². The lowest BCUT2D eigenvalue weighted by Crippen LogP contribution is -2.47. The molecule has 0 unspecified atom stereocenters. The Balaban J connectivity index is 1.21. The van der Waals surface area contributed by atoms with Crippen LogP contribution in [0.5, 0.6) is 5.75 Å². The van der Waals surface area contributed by atoms with Gasteiger partial charge >= 0.3 is 0 Å². The van der Waals surface area contributed by atoms with Gasteiger partial charge in [-0.3, -0.25) is 29.8 Å². The summed E-state index contributed by atoms with van der Waals surface area (Å²) >= 11 is 1.37. The number of hydrogen-bond acceptors (Lipinski definition) is 9. The highest BCUT2D eigenvalue weighted by Gasteiger charge is 2.25. The number of carbonyl (C=O) groups excluding carboxylic acids is 2. The number of carbonyl (C=O) groups is 2. The maximum Gasteiger partial charge on any atom is 0.277 e. The Morgan fingerprint density at radius 2 is 1.46 bits per heavy atom. The molecule has 48 heavy (non-hydrogen) atoms. The van der Waals surface area contributed by atoms with Gasteiger partial charge in [0.25, 0.3) is 23.2 Å². The molecular weight excluding hydrogens is 634 g/mol. The highest BCUT2D eigenvalue weighted by atomic mass is 32.2. The van der Waals surface area contributed by atoms with Crippen molar-refractivity contribution in [3.05, 3.63) is 158 Å². The molecule has 0 fully saturated rings. The molecule has 0 saturated heterocycles. The van der Waals surface area contributed by atoms with E-state index in [1.54, 1.807) is 24.3 Å². The Bertz CT molecular complexity index is 1940. The summed E-state index contributed by atoms with van der Waals surface area (Å²) in [6.45, 7) is 0.396. The molecule has 0 aliphatic carbocycles. The van der Waals surface area contributed by atoms with Gasteiger partial charge in [-0.25, -0.2) is 5.43 Å². The second-order valence-electron chi connectivity index (χ2n) is 10.6. The van der Waals surface area contributed by atoms with Crippen molar-refractivity contribution in [3.63, 3.8) is 0 Å². The first-order chi connectivity index (χ1) is 23.2. The molecule has 0 bridgehead atoms. The van der Waals surface area contributed by atoms with Crippen molar-refractivity contribution in [2.24, 2.45) is 5.10 Å². The van der Waals surface area contributed by atoms with Crippen LogP contribution in [0.4, 0.5) is 11.4 Å². The average molecular weight is 664 g/mol. The normalized spacial score (nSPS) is 11.6. The van der Waals surface area contributed by atoms with Crippen molar-refractivity contribution >= 4 is 51.9 Å². The number of thioether (sulfide) groups is 1. The highest BCUT2D eigenvalue weighted by molar-refractivity contribution is 7.98. The van der Waals surface area contributed by atoms with Crippen molar-refractivity contribution in [3.8, 4) is 5.75 Å². The van der Waals surface area contributed by atoms with Crippen molar-refractivity contribution in [1.82, 2.24) is 10.7 Å². The zero-order valence-electron chi connectivity index (χ0n) is 25.4. The van der Waals surface area contributed by atoms with E-state index >= 15 is 0 Å². The molecule has 0 aliphatic rings. The molecule has 5 rings (SSSR count). The van der Waals surface area contributed by atoms with Crippen molar-refractivity contribution in [2.75, 3.05) is 5.75 Å². The number of nitrogens with zero attached hydrogens (tertiary/aromatic N) is 3. The number of nitro benzene ring substituents is 2. The van der Waals surface area contributed by atoms with Crippen LogP contribution in [0.25, 0.3) is 10.8 Å². The van der Waals surface area contributed by atoms with E-state index in [1.807, 2.05) is 48.5 Å². The minimum absolute atomic E-state index is 0.127. The molecule has 13 heteroatoms. The van der Waals surface area contributed by atoms with Gasteiger partial charge in [-0.15, -0.1) is 0 Å². The second kappa shape index (κ2) is 16.0. The van der Waals surface area contributed by atoms with Crippen LogP contribution >= 0.6 is 11.8 Å². The Labute approximate surface area is 279 Å². The number of nitrogens with one attached hydrogen (secondary N) is 2. The number of benzene rings is 5. The SMILES string of the molecule is O=C(N[C@@H](CSCc1ccccc1)C(=O)N/N=C\c1ccc(OCc2ccc3ccccc3c2)cc1)c1cc([N+](=O)[O-])cc([N+](=O)[O-])c1. The lowest BCUT2D eigenvalue weighted by molar-refractivity contribution is -0.394. The molecule has 0 aromatic heterocycles. The lowest BCUT2D eigenvalue weighted by atomic mass is 10.1. The van der Waals surface area contributed by atoms with Gasteiger partial charge in [0.05, 0.1) is 27.7 Å². The van der Waals surface area contributed by atoms with Gasteiger partial charge in [-0.2, -0.15) is 16.9 Å². The molecule has 2 N–H and O–H groups in total. The van der Waals surface area contributed by atoms with Gasteiger partial charge < -0.3 is 10.1 Å². The molecule has 0 spiro atoms. The topological polar surface area (TPSA) is 166 Å². The molecule has 2 amide bonds. The van der Waals surface area contributed by atoms with Crippen molar-refractivity contribution in [1.29, 1.82) is 0 Å². The lowest BCUT2D eigenvalue weighted by Gasteiger charge is -2.17. The van der Waals surface area contributed by atoms with Crippen LogP contribution in [0.1, 0.15) is 27.0 Å². The molecule has 0 heterocycles. The number of hydrazone groups is 1. The number of non-ortho nitro benzene ring substituents is 2. The van der Waals surface area contributed by atoms with E-state index in [0.29, 0.717) is 23.7 Å². The summed E-state index contributed by atoms with van der Waals surface area (Å²) in [5.74, 6) is -0.200. The van der Waals surface area contributed by atoms with E-state index < -0.39 is 39.1 Å². The molecule has 0 aliphatic heterocycles. The number of amides is 2. The number of hydrogen-bond donors (Lipinski definition) is 2. The average Bonchev–Trinajstić information content (AvgIpc) is 3.10. The molecule has 1 atom stereocenters. The van der Waals surface area contributed by atoms with E-state index in [-0.39, 0.29) is 11.3 Å². The Kier molecular flexibility index (Phi) is 11.1. The first-order valence-electron chi connectivity index (χ1n) is 14.6. The summed E-state index contributed by atoms with van der Waals surface area (Å²) < 4.78 is 5.92. The van der Waals surface area contributed by atoms with Crippen LogP contribution in [-0.4, -0.2) is 39.7 Å². The Hall–Kier alpha value is -6.08. The van der Waals surface area contributed by atoms with Gasteiger partial charge in [-0.05, 0) is 57.8 Å². The zero-order chi connectivity index (χ0) is 33.9. The molecule has 5 aromatic rings. The fourth-order valence-electron chi connectivity index (χ4n) is 4.62. The van der Waals surface area contributed by atoms with Gasteiger partial charge in [-0.1, -0.05) is 66.7 Å². The summed E-state index contributed by atoms with van der Waals surface area (Å²) in [5.41, 5.74) is 3.58. The maximum atomic E-state index is 13.2. The van der Waals surface area contributed by atoms with Gasteiger partial charge in [0.2, 0.25) is 0 Å². The minimum Gasteiger partial charge on any atom is -0.489 e. The largest absolute Gasteiger partial charge is 0.489 e. The summed E-state index contributed by atoms with van der Waals surface area (Å²) in [6, 6.07) is 32.4. The van der Waals surface area contributed by atoms with E-state index in [0.717, 1.165) is 40.1 Å². The molecular formula is C35H29N5O7S. The fourth-order valence-corrected chi connectivity index (χ4v) is 5.64. The Morgan fingerprint density at radius 3 is 2.15 bits per heavy atom. The smallest absolute Gasteiger partial charge is 0.277 e. The second-order valence-corrected chi connectivity index (χ2v) is 11.6. The quantitative estimate of drug-likeness (QED) is 0.0780. The van der Waals surface area contributed by atoms with Crippen LogP contribution in [0, 0.1) is 20.2 Å². The summed E-state index contributed by atoms with van der Waals surface area (Å²) in [4.78, 5) is 47.2. The van der Waals surface area contributed by atoms with Gasteiger partial charge in [0.1, 0.15) is 18.4 Å². The standard InChI is InChI=1S/C35H29N5O7S/c41-34(29-17-30(39(43)44)19-31(18-29)40(45)46)37-33(23-48-22-25-6-2-1-3-7-25)35(42)38-36-20-24-11-14-32(15-12-24)47-21-26-10-13-27-8-4-5-9-28(27)16-26/h1-20,33H,21-23H2,(H,37,41)(H,38,42)/b36-20-/t33-/m0/s1. The predicted molar refractivity (Wildman–Crippen MR) is 184 cm³/mol. The van der Waals surface area contributed by atoms with Crippen LogP contribution in [0.2, 0.25) is 0 Å². The predicted octanol–water partition coefficient (Wildman–Crippen LogP) is 6.42. The van der Waals surface area contributed by atoms with E-state index in [2.05, 4.69) is 40.1 Å². The van der Waals surface area contributed by atoms with E-state index in [4.69, 9.17) is 4.74 Å². The number of nitro groups is 2. The van der Waals surface area contributed by atoms with Gasteiger partial charge in [0, 0.05) is 23.6 Å². The molecule has 0 saturated carbocycles. The third kappa shape index (κ3) is 9.23. The van der Waals surface area contributed by atoms with E-state index in [9.17, 15) is 29.8 Å². The maximum absolute atomic E-state index is 13.2. The monoisotopic (exact) mass is 663 g/mol. The van der Waals surface area contributed by atoms with Crippen LogP contribution in [0.15, 0.2) is 120 Å². The third-order valence-electron chi connectivity index (χ3n) is 7.09. The summed E-state index contributed by atoms with van der Waals surface area (Å²) in [5, 5.41) is 31.5. The number of fused-ring (bicyclic) bond motifs is 1. The zero-order valence-corrected chi connectivity index (χ0v) is 26.2. The summed E-state index contributed by atoms with van der Waals surface area (Å²) in [6.07, 6.45) is 1.44. The highest BCUT2D eigenvalue weighted by Crippen LogP contribution is 2.23. The van der Waals surface area contributed by atoms with Crippen molar-refractivity contribution < 1.29 is 24.2 Å². The molecule has 12 nitrogen and oxygen atoms in total. The molecule has 0 radical (unpaired) electrons. The molecule has 5 aromatic carbocycles. The fraction of sp³-hybridized carbons (Fsp3) is 0.114. The summed E-state index contributed by atoms with van der Waals surface area (Å²) in [7, 11) is 0. The molecule has 242 valence electrons. The number of ether oxygens (including phenoxy) is 1.